The molecule has 0 bridgehead atoms. The molecule has 0 radical (unpaired) electrons. The zero-order valence-corrected chi connectivity index (χ0v) is 9.07. The maximum absolute atomic E-state index is 11.4. The number of hydrogen-bond donors (Lipinski definition) is 0. The topological polar surface area (TPSA) is 35.5 Å². The van der Waals surface area contributed by atoms with Crippen LogP contribution in [0.3, 0.4) is 0 Å². The van der Waals surface area contributed by atoms with Crippen LogP contribution in [0.2, 0.25) is 0 Å². The minimum Gasteiger partial charge on any atom is -0.454 e. The largest absolute Gasteiger partial charge is 0.454 e. The highest BCUT2D eigenvalue weighted by atomic mass is 16.7. The van der Waals surface area contributed by atoms with E-state index in [4.69, 9.17) is 9.47 Å². The standard InChI is InChI=1S/C13H14O3/c14-11-3-1-2-9(6-11)10-4-5-12-13(7-10)16-8-15-12/h4-5,7,9H,1-3,6,8H2/t9-/m1/s1. The molecule has 1 aliphatic carbocycles. The normalized spacial score (nSPS) is 23.5. The Labute approximate surface area is 94.4 Å². The molecule has 84 valence electrons. The molecule has 1 aliphatic heterocycles. The van der Waals surface area contributed by atoms with Gasteiger partial charge in [0.25, 0.3) is 0 Å². The number of carbonyl (C=O) groups excluding carboxylic acids is 1. The van der Waals surface area contributed by atoms with Crippen molar-refractivity contribution in [3.05, 3.63) is 23.8 Å². The number of rotatable bonds is 1. The van der Waals surface area contributed by atoms with E-state index in [2.05, 4.69) is 6.07 Å². The van der Waals surface area contributed by atoms with Crippen LogP contribution in [-0.2, 0) is 4.79 Å². The van der Waals surface area contributed by atoms with Crippen molar-refractivity contribution in [2.24, 2.45) is 0 Å². The van der Waals surface area contributed by atoms with Crippen molar-refractivity contribution in [1.82, 2.24) is 0 Å². The molecule has 0 amide bonds. The van der Waals surface area contributed by atoms with Crippen LogP contribution in [0.15, 0.2) is 18.2 Å². The maximum atomic E-state index is 11.4. The first-order valence-electron chi connectivity index (χ1n) is 5.74. The van der Waals surface area contributed by atoms with Crippen LogP contribution >= 0.6 is 0 Å². The van der Waals surface area contributed by atoms with Crippen LogP contribution in [0.5, 0.6) is 11.5 Å². The molecule has 3 rings (SSSR count). The van der Waals surface area contributed by atoms with Crippen molar-refractivity contribution in [1.29, 1.82) is 0 Å². The Kier molecular flexibility index (Phi) is 2.31. The van der Waals surface area contributed by atoms with Crippen LogP contribution in [-0.4, -0.2) is 12.6 Å². The number of carbonyl (C=O) groups is 1. The molecule has 1 aromatic carbocycles. The third-order valence-corrected chi connectivity index (χ3v) is 3.35. The number of hydrogen-bond acceptors (Lipinski definition) is 3. The Bertz CT molecular complexity index is 425. The van der Waals surface area contributed by atoms with Gasteiger partial charge in [-0.3, -0.25) is 4.79 Å². The molecular weight excluding hydrogens is 204 g/mol. The van der Waals surface area contributed by atoms with Crippen molar-refractivity contribution in [3.63, 3.8) is 0 Å². The minimum atomic E-state index is 0.308. The fourth-order valence-electron chi connectivity index (χ4n) is 2.48. The number of ketones is 1. The van der Waals surface area contributed by atoms with E-state index in [0.29, 0.717) is 24.9 Å². The summed E-state index contributed by atoms with van der Waals surface area (Å²) in [4.78, 5) is 11.4. The van der Waals surface area contributed by atoms with Gasteiger partial charge in [0.1, 0.15) is 5.78 Å². The molecule has 1 fully saturated rings. The Hall–Kier alpha value is -1.51. The summed E-state index contributed by atoms with van der Waals surface area (Å²) in [6, 6.07) is 6.01. The van der Waals surface area contributed by atoms with E-state index < -0.39 is 0 Å². The van der Waals surface area contributed by atoms with E-state index in [-0.39, 0.29) is 0 Å². The molecule has 1 aromatic rings. The van der Waals surface area contributed by atoms with Gasteiger partial charge in [0.2, 0.25) is 6.79 Å². The van der Waals surface area contributed by atoms with Gasteiger partial charge in [-0.25, -0.2) is 0 Å². The van der Waals surface area contributed by atoms with Crippen LogP contribution < -0.4 is 9.47 Å². The molecule has 0 aromatic heterocycles. The van der Waals surface area contributed by atoms with Crippen LogP contribution in [0.4, 0.5) is 0 Å². The predicted molar refractivity (Wildman–Crippen MR) is 58.8 cm³/mol. The first-order valence-corrected chi connectivity index (χ1v) is 5.74. The van der Waals surface area contributed by atoms with Gasteiger partial charge in [-0.1, -0.05) is 6.07 Å². The fraction of sp³-hybridized carbons (Fsp3) is 0.462. The zero-order valence-electron chi connectivity index (χ0n) is 9.07. The Morgan fingerprint density at radius 1 is 1.19 bits per heavy atom. The lowest BCUT2D eigenvalue weighted by Gasteiger charge is -2.21. The third kappa shape index (κ3) is 1.66. The first-order chi connectivity index (χ1) is 7.83. The third-order valence-electron chi connectivity index (χ3n) is 3.35. The summed E-state index contributed by atoms with van der Waals surface area (Å²) in [5, 5.41) is 0. The van der Waals surface area contributed by atoms with Crippen LogP contribution in [0.1, 0.15) is 37.2 Å². The molecule has 3 heteroatoms. The van der Waals surface area contributed by atoms with E-state index in [1.54, 1.807) is 0 Å². The summed E-state index contributed by atoms with van der Waals surface area (Å²) in [5.41, 5.74) is 1.21. The Morgan fingerprint density at radius 2 is 2.06 bits per heavy atom. The molecule has 0 saturated heterocycles. The number of ether oxygens (including phenoxy) is 2. The van der Waals surface area contributed by atoms with Crippen molar-refractivity contribution >= 4 is 5.78 Å². The van der Waals surface area contributed by atoms with Crippen molar-refractivity contribution < 1.29 is 14.3 Å². The summed E-state index contributed by atoms with van der Waals surface area (Å²) in [6.07, 6.45) is 3.55. The Morgan fingerprint density at radius 3 is 2.94 bits per heavy atom. The minimum absolute atomic E-state index is 0.308. The predicted octanol–water partition coefficient (Wildman–Crippen LogP) is 2.64. The number of fused-ring (bicyclic) bond motifs is 1. The Balaban J connectivity index is 1.86. The summed E-state index contributed by atoms with van der Waals surface area (Å²) < 4.78 is 10.6. The SMILES string of the molecule is O=C1CCC[C@@H](c2ccc3c(c2)OCO3)C1. The van der Waals surface area contributed by atoms with Crippen LogP contribution in [0, 0.1) is 0 Å². The van der Waals surface area contributed by atoms with Gasteiger partial charge in [0.15, 0.2) is 11.5 Å². The molecule has 1 atom stereocenters. The average molecular weight is 218 g/mol. The quantitative estimate of drug-likeness (QED) is 0.727. The first kappa shape index (κ1) is 9.70. The lowest BCUT2D eigenvalue weighted by atomic mass is 9.83. The molecule has 16 heavy (non-hydrogen) atoms. The zero-order chi connectivity index (χ0) is 11.0. The van der Waals surface area contributed by atoms with Gasteiger partial charge in [-0.05, 0) is 36.5 Å². The lowest BCUT2D eigenvalue weighted by molar-refractivity contribution is -0.120. The molecule has 0 spiro atoms. The van der Waals surface area contributed by atoms with E-state index in [1.807, 2.05) is 12.1 Å². The molecule has 0 N–H and O–H groups in total. The molecule has 1 saturated carbocycles. The second kappa shape index (κ2) is 3.81. The van der Waals surface area contributed by atoms with Gasteiger partial charge in [0.05, 0.1) is 0 Å². The van der Waals surface area contributed by atoms with E-state index in [0.717, 1.165) is 30.8 Å². The average Bonchev–Trinajstić information content (AvgIpc) is 2.75. The maximum Gasteiger partial charge on any atom is 0.231 e. The van der Waals surface area contributed by atoms with E-state index >= 15 is 0 Å². The molecule has 2 aliphatic rings. The van der Waals surface area contributed by atoms with Gasteiger partial charge >= 0.3 is 0 Å². The molecule has 1 heterocycles. The smallest absolute Gasteiger partial charge is 0.231 e. The van der Waals surface area contributed by atoms with Crippen molar-refractivity contribution in [2.75, 3.05) is 6.79 Å². The highest BCUT2D eigenvalue weighted by molar-refractivity contribution is 5.80. The van der Waals surface area contributed by atoms with E-state index in [9.17, 15) is 4.79 Å². The molecular formula is C13H14O3. The second-order valence-corrected chi connectivity index (χ2v) is 4.44. The second-order valence-electron chi connectivity index (χ2n) is 4.44. The fourth-order valence-corrected chi connectivity index (χ4v) is 2.48. The highest BCUT2D eigenvalue weighted by Crippen LogP contribution is 2.38. The number of benzene rings is 1. The summed E-state index contributed by atoms with van der Waals surface area (Å²) >= 11 is 0. The highest BCUT2D eigenvalue weighted by Gasteiger charge is 2.23. The monoisotopic (exact) mass is 218 g/mol. The van der Waals surface area contributed by atoms with E-state index in [1.165, 1.54) is 5.56 Å². The number of Topliss-reactive ketones (excluding diaryl/α,β-unsaturated/α-hetero) is 1. The lowest BCUT2D eigenvalue weighted by Crippen LogP contribution is -2.13. The van der Waals surface area contributed by atoms with Crippen molar-refractivity contribution in [3.8, 4) is 11.5 Å². The van der Waals surface area contributed by atoms with Crippen molar-refractivity contribution in [2.45, 2.75) is 31.6 Å². The summed E-state index contributed by atoms with van der Waals surface area (Å²) in [5.74, 6) is 2.38. The van der Waals surface area contributed by atoms with Gasteiger partial charge in [-0.15, -0.1) is 0 Å². The van der Waals surface area contributed by atoms with Gasteiger partial charge < -0.3 is 9.47 Å². The van der Waals surface area contributed by atoms with Gasteiger partial charge in [0, 0.05) is 12.8 Å². The molecule has 3 nitrogen and oxygen atoms in total. The van der Waals surface area contributed by atoms with Gasteiger partial charge in [-0.2, -0.15) is 0 Å². The van der Waals surface area contributed by atoms with Crippen LogP contribution in [0.25, 0.3) is 0 Å². The summed E-state index contributed by atoms with van der Waals surface area (Å²) in [6.45, 7) is 0.308. The summed E-state index contributed by atoms with van der Waals surface area (Å²) in [7, 11) is 0. The molecule has 0 unspecified atom stereocenters.